The largest absolute Gasteiger partial charge is 0.481 e. The van der Waals surface area contributed by atoms with Crippen molar-refractivity contribution in [1.82, 2.24) is 4.98 Å². The minimum absolute atomic E-state index is 0.0768. The molecule has 4 heteroatoms. The van der Waals surface area contributed by atoms with E-state index in [-0.39, 0.29) is 12.2 Å². The highest BCUT2D eigenvalue weighted by Gasteiger charge is 2.13. The number of benzene rings is 1. The number of aromatic nitrogens is 1. The van der Waals surface area contributed by atoms with Gasteiger partial charge in [-0.3, -0.25) is 4.79 Å². The molecule has 0 spiro atoms. The summed E-state index contributed by atoms with van der Waals surface area (Å²) in [7, 11) is 0. The van der Waals surface area contributed by atoms with Gasteiger partial charge in [0.2, 0.25) is 0 Å². The van der Waals surface area contributed by atoms with Crippen molar-refractivity contribution in [2.75, 3.05) is 0 Å². The van der Waals surface area contributed by atoms with Gasteiger partial charge in [-0.25, -0.2) is 4.39 Å². The van der Waals surface area contributed by atoms with Gasteiger partial charge in [0.05, 0.1) is 6.42 Å². The molecule has 0 saturated carbocycles. The SMILES string of the molecule is CCc1[nH]c2ccc(F)cc2c1CC(=O)O. The Morgan fingerprint density at radius 3 is 2.88 bits per heavy atom. The van der Waals surface area contributed by atoms with Gasteiger partial charge in [0, 0.05) is 16.6 Å². The van der Waals surface area contributed by atoms with Crippen molar-refractivity contribution in [2.45, 2.75) is 19.8 Å². The van der Waals surface area contributed by atoms with Crippen LogP contribution in [-0.4, -0.2) is 16.1 Å². The molecule has 2 rings (SSSR count). The number of carboxylic acid groups (broad SMARTS) is 1. The summed E-state index contributed by atoms with van der Waals surface area (Å²) in [5, 5.41) is 9.49. The third kappa shape index (κ3) is 1.78. The molecule has 0 amide bonds. The number of rotatable bonds is 3. The number of aromatic amines is 1. The Hall–Kier alpha value is -1.84. The topological polar surface area (TPSA) is 53.1 Å². The molecule has 1 heterocycles. The Kier molecular flexibility index (Phi) is 2.64. The van der Waals surface area contributed by atoms with E-state index in [1.54, 1.807) is 6.07 Å². The van der Waals surface area contributed by atoms with Gasteiger partial charge in [0.1, 0.15) is 5.82 Å². The fourth-order valence-electron chi connectivity index (χ4n) is 1.93. The van der Waals surface area contributed by atoms with Crippen molar-refractivity contribution in [3.05, 3.63) is 35.3 Å². The third-order valence-electron chi connectivity index (χ3n) is 2.64. The second-order valence-electron chi connectivity index (χ2n) is 3.70. The molecule has 0 radical (unpaired) electrons. The van der Waals surface area contributed by atoms with Crippen LogP contribution in [0.25, 0.3) is 10.9 Å². The number of H-pyrrole nitrogens is 1. The van der Waals surface area contributed by atoms with Crippen LogP contribution in [0.4, 0.5) is 4.39 Å². The van der Waals surface area contributed by atoms with Gasteiger partial charge in [0.25, 0.3) is 0 Å². The summed E-state index contributed by atoms with van der Waals surface area (Å²) < 4.78 is 13.1. The van der Waals surface area contributed by atoms with Crippen LogP contribution >= 0.6 is 0 Å². The number of halogens is 1. The predicted octanol–water partition coefficient (Wildman–Crippen LogP) is 2.50. The first-order valence-corrected chi connectivity index (χ1v) is 5.12. The van der Waals surface area contributed by atoms with E-state index in [2.05, 4.69) is 4.98 Å². The van der Waals surface area contributed by atoms with Crippen molar-refractivity contribution < 1.29 is 14.3 Å². The molecule has 0 aliphatic carbocycles. The summed E-state index contributed by atoms with van der Waals surface area (Å²) in [6, 6.07) is 4.38. The van der Waals surface area contributed by atoms with Gasteiger partial charge < -0.3 is 10.1 Å². The standard InChI is InChI=1S/C12H12FNO2/c1-2-10-9(6-12(15)16)8-5-7(13)3-4-11(8)14-10/h3-5,14H,2,6H2,1H3,(H,15,16). The summed E-state index contributed by atoms with van der Waals surface area (Å²) in [6.07, 6.45) is 0.630. The van der Waals surface area contributed by atoms with E-state index < -0.39 is 5.97 Å². The number of aryl methyl sites for hydroxylation is 1. The first-order chi connectivity index (χ1) is 7.61. The minimum Gasteiger partial charge on any atom is -0.481 e. The number of aliphatic carboxylic acids is 1. The smallest absolute Gasteiger partial charge is 0.307 e. The van der Waals surface area contributed by atoms with Gasteiger partial charge in [-0.1, -0.05) is 6.92 Å². The van der Waals surface area contributed by atoms with E-state index in [4.69, 9.17) is 5.11 Å². The van der Waals surface area contributed by atoms with E-state index in [1.807, 2.05) is 6.92 Å². The molecule has 0 unspecified atom stereocenters. The van der Waals surface area contributed by atoms with Crippen molar-refractivity contribution in [2.24, 2.45) is 0 Å². The second kappa shape index (κ2) is 3.96. The monoisotopic (exact) mass is 221 g/mol. The maximum atomic E-state index is 13.1. The molecule has 1 aromatic heterocycles. The highest BCUT2D eigenvalue weighted by atomic mass is 19.1. The average Bonchev–Trinajstić information content (AvgIpc) is 2.56. The van der Waals surface area contributed by atoms with Crippen molar-refractivity contribution in [3.8, 4) is 0 Å². The van der Waals surface area contributed by atoms with E-state index in [1.165, 1.54) is 12.1 Å². The molecule has 0 bridgehead atoms. The van der Waals surface area contributed by atoms with Gasteiger partial charge in [-0.2, -0.15) is 0 Å². The molecule has 0 aliphatic heterocycles. The molecular formula is C12H12FNO2. The maximum Gasteiger partial charge on any atom is 0.307 e. The van der Waals surface area contributed by atoms with Crippen LogP contribution in [0.3, 0.4) is 0 Å². The summed E-state index contributed by atoms with van der Waals surface area (Å²) in [5.74, 6) is -1.25. The van der Waals surface area contributed by atoms with Crippen molar-refractivity contribution in [1.29, 1.82) is 0 Å². The Morgan fingerprint density at radius 1 is 1.50 bits per heavy atom. The van der Waals surface area contributed by atoms with Crippen LogP contribution in [0.5, 0.6) is 0 Å². The second-order valence-corrected chi connectivity index (χ2v) is 3.70. The lowest BCUT2D eigenvalue weighted by Crippen LogP contribution is -2.02. The van der Waals surface area contributed by atoms with Gasteiger partial charge in [0.15, 0.2) is 0 Å². The van der Waals surface area contributed by atoms with Gasteiger partial charge in [-0.15, -0.1) is 0 Å². The first-order valence-electron chi connectivity index (χ1n) is 5.12. The van der Waals surface area contributed by atoms with E-state index in [9.17, 15) is 9.18 Å². The Morgan fingerprint density at radius 2 is 2.25 bits per heavy atom. The molecular weight excluding hydrogens is 209 g/mol. The van der Waals surface area contributed by atoms with Crippen LogP contribution in [-0.2, 0) is 17.6 Å². The molecule has 2 aromatic rings. The third-order valence-corrected chi connectivity index (χ3v) is 2.64. The maximum absolute atomic E-state index is 13.1. The zero-order chi connectivity index (χ0) is 11.7. The summed E-state index contributed by atoms with van der Waals surface area (Å²) in [6.45, 7) is 1.94. The first kappa shape index (κ1) is 10.7. The molecule has 16 heavy (non-hydrogen) atoms. The van der Waals surface area contributed by atoms with Crippen LogP contribution < -0.4 is 0 Å². The molecule has 1 aromatic carbocycles. The highest BCUT2D eigenvalue weighted by molar-refractivity contribution is 5.88. The number of carboxylic acids is 1. The van der Waals surface area contributed by atoms with Crippen LogP contribution in [0, 0.1) is 5.82 Å². The minimum atomic E-state index is -0.903. The highest BCUT2D eigenvalue weighted by Crippen LogP contribution is 2.24. The number of carbonyl (C=O) groups is 1. The van der Waals surface area contributed by atoms with E-state index in [0.717, 1.165) is 11.2 Å². The Bertz CT molecular complexity index is 545. The van der Waals surface area contributed by atoms with Gasteiger partial charge >= 0.3 is 5.97 Å². The van der Waals surface area contributed by atoms with Crippen LogP contribution in [0.1, 0.15) is 18.2 Å². The molecule has 0 saturated heterocycles. The quantitative estimate of drug-likeness (QED) is 0.836. The van der Waals surface area contributed by atoms with E-state index >= 15 is 0 Å². The lowest BCUT2D eigenvalue weighted by atomic mass is 10.1. The zero-order valence-corrected chi connectivity index (χ0v) is 8.88. The fraction of sp³-hybridized carbons (Fsp3) is 0.250. The van der Waals surface area contributed by atoms with E-state index in [0.29, 0.717) is 17.4 Å². The molecule has 0 atom stereocenters. The van der Waals surface area contributed by atoms with Crippen LogP contribution in [0.2, 0.25) is 0 Å². The number of fused-ring (bicyclic) bond motifs is 1. The summed E-state index contributed by atoms with van der Waals surface area (Å²) >= 11 is 0. The number of hydrogen-bond donors (Lipinski definition) is 2. The Labute approximate surface area is 91.9 Å². The number of nitrogens with one attached hydrogen (secondary N) is 1. The number of hydrogen-bond acceptors (Lipinski definition) is 1. The molecule has 0 fully saturated rings. The zero-order valence-electron chi connectivity index (χ0n) is 8.88. The van der Waals surface area contributed by atoms with Crippen molar-refractivity contribution >= 4 is 16.9 Å². The normalized spacial score (nSPS) is 10.9. The summed E-state index contributed by atoms with van der Waals surface area (Å²) in [4.78, 5) is 13.9. The van der Waals surface area contributed by atoms with Gasteiger partial charge in [-0.05, 0) is 30.2 Å². The lowest BCUT2D eigenvalue weighted by molar-refractivity contribution is -0.136. The summed E-state index contributed by atoms with van der Waals surface area (Å²) in [5.41, 5.74) is 2.34. The Balaban J connectivity index is 2.65. The molecule has 0 aliphatic rings. The molecule has 3 nitrogen and oxygen atoms in total. The fourth-order valence-corrected chi connectivity index (χ4v) is 1.93. The average molecular weight is 221 g/mol. The molecule has 2 N–H and O–H groups in total. The predicted molar refractivity (Wildman–Crippen MR) is 59.0 cm³/mol. The van der Waals surface area contributed by atoms with Crippen LogP contribution in [0.15, 0.2) is 18.2 Å². The van der Waals surface area contributed by atoms with Crippen molar-refractivity contribution in [3.63, 3.8) is 0 Å². The molecule has 84 valence electrons. The lowest BCUT2D eigenvalue weighted by Gasteiger charge is -1.98.